The Morgan fingerprint density at radius 1 is 1.38 bits per heavy atom. The maximum absolute atomic E-state index is 5.24. The van der Waals surface area contributed by atoms with E-state index < -0.39 is 0 Å². The number of anilines is 1. The number of halogens is 1. The lowest BCUT2D eigenvalue weighted by Gasteiger charge is -2.08. The van der Waals surface area contributed by atoms with Gasteiger partial charge < -0.3 is 14.5 Å². The van der Waals surface area contributed by atoms with Crippen molar-refractivity contribution in [2.24, 2.45) is 0 Å². The Morgan fingerprint density at radius 2 is 2.25 bits per heavy atom. The second kappa shape index (κ2) is 5.07. The van der Waals surface area contributed by atoms with E-state index in [0.717, 1.165) is 21.7 Å². The predicted octanol–water partition coefficient (Wildman–Crippen LogP) is 3.66. The van der Waals surface area contributed by atoms with Crippen LogP contribution in [0.5, 0.6) is 5.75 Å². The minimum atomic E-state index is 0.665. The van der Waals surface area contributed by atoms with Crippen molar-refractivity contribution >= 4 is 21.6 Å². The number of rotatable bonds is 4. The number of hydrogen-bond donors (Lipinski definition) is 1. The Bertz CT molecular complexity index is 454. The fourth-order valence-corrected chi connectivity index (χ4v) is 1.86. The van der Waals surface area contributed by atoms with Gasteiger partial charge in [0.1, 0.15) is 11.5 Å². The van der Waals surface area contributed by atoms with Crippen LogP contribution in [0.4, 0.5) is 5.69 Å². The van der Waals surface area contributed by atoms with Crippen LogP contribution in [-0.2, 0) is 6.54 Å². The first-order chi connectivity index (χ1) is 7.79. The van der Waals surface area contributed by atoms with Crippen LogP contribution in [-0.4, -0.2) is 7.11 Å². The summed E-state index contributed by atoms with van der Waals surface area (Å²) in [6.45, 7) is 0.665. The molecule has 0 unspecified atom stereocenters. The first-order valence-corrected chi connectivity index (χ1v) is 5.68. The Morgan fingerprint density at radius 3 is 2.88 bits per heavy atom. The fraction of sp³-hybridized carbons (Fsp3) is 0.167. The smallest absolute Gasteiger partial charge is 0.122 e. The van der Waals surface area contributed by atoms with Gasteiger partial charge in [0.05, 0.1) is 19.9 Å². The standard InChI is InChI=1S/C12H12BrNO2/c1-15-9-4-5-12(11(13)7-9)14-8-10-3-2-6-16-10/h2-7,14H,8H2,1H3. The molecule has 0 amide bonds. The molecule has 0 aliphatic rings. The summed E-state index contributed by atoms with van der Waals surface area (Å²) in [5, 5.41) is 3.27. The van der Waals surface area contributed by atoms with E-state index in [-0.39, 0.29) is 0 Å². The SMILES string of the molecule is COc1ccc(NCc2ccco2)c(Br)c1. The van der Waals surface area contributed by atoms with E-state index in [1.807, 2.05) is 30.3 Å². The van der Waals surface area contributed by atoms with E-state index >= 15 is 0 Å². The van der Waals surface area contributed by atoms with Gasteiger partial charge in [-0.1, -0.05) is 0 Å². The number of hydrogen-bond acceptors (Lipinski definition) is 3. The summed E-state index contributed by atoms with van der Waals surface area (Å²) in [6.07, 6.45) is 1.67. The minimum Gasteiger partial charge on any atom is -0.497 e. The van der Waals surface area contributed by atoms with Crippen molar-refractivity contribution < 1.29 is 9.15 Å². The summed E-state index contributed by atoms with van der Waals surface area (Å²) in [5.41, 5.74) is 1.01. The predicted molar refractivity (Wildman–Crippen MR) is 66.7 cm³/mol. The molecule has 1 N–H and O–H groups in total. The van der Waals surface area contributed by atoms with Crippen LogP contribution in [0.2, 0.25) is 0 Å². The molecule has 16 heavy (non-hydrogen) atoms. The lowest BCUT2D eigenvalue weighted by molar-refractivity contribution is 0.414. The number of furan rings is 1. The second-order valence-corrected chi connectivity index (χ2v) is 4.13. The quantitative estimate of drug-likeness (QED) is 0.929. The summed E-state index contributed by atoms with van der Waals surface area (Å²) < 4.78 is 11.3. The number of nitrogens with one attached hydrogen (secondary N) is 1. The van der Waals surface area contributed by atoms with E-state index in [4.69, 9.17) is 9.15 Å². The average molecular weight is 282 g/mol. The molecule has 0 aliphatic carbocycles. The van der Waals surface area contributed by atoms with Crippen LogP contribution in [0.1, 0.15) is 5.76 Å². The molecule has 0 radical (unpaired) electrons. The van der Waals surface area contributed by atoms with Crippen LogP contribution in [0.3, 0.4) is 0 Å². The van der Waals surface area contributed by atoms with Crippen LogP contribution in [0, 0.1) is 0 Å². The molecule has 1 aromatic heterocycles. The molecular weight excluding hydrogens is 270 g/mol. The summed E-state index contributed by atoms with van der Waals surface area (Å²) in [4.78, 5) is 0. The molecule has 1 aromatic carbocycles. The van der Waals surface area contributed by atoms with Crippen molar-refractivity contribution in [3.05, 3.63) is 46.8 Å². The fourth-order valence-electron chi connectivity index (χ4n) is 1.36. The van der Waals surface area contributed by atoms with Gasteiger partial charge in [0.2, 0.25) is 0 Å². The van der Waals surface area contributed by atoms with Crippen molar-refractivity contribution in [2.45, 2.75) is 6.54 Å². The highest BCUT2D eigenvalue weighted by atomic mass is 79.9. The lowest BCUT2D eigenvalue weighted by atomic mass is 10.3. The van der Waals surface area contributed by atoms with Crippen molar-refractivity contribution in [3.63, 3.8) is 0 Å². The summed E-state index contributed by atoms with van der Waals surface area (Å²) >= 11 is 3.48. The lowest BCUT2D eigenvalue weighted by Crippen LogP contribution is -1.98. The first-order valence-electron chi connectivity index (χ1n) is 4.89. The van der Waals surface area contributed by atoms with Crippen molar-refractivity contribution in [3.8, 4) is 5.75 Å². The molecule has 0 saturated carbocycles. The monoisotopic (exact) mass is 281 g/mol. The minimum absolute atomic E-state index is 0.665. The number of benzene rings is 1. The van der Waals surface area contributed by atoms with Gasteiger partial charge in [-0.3, -0.25) is 0 Å². The molecule has 1 heterocycles. The van der Waals surface area contributed by atoms with E-state index in [1.165, 1.54) is 0 Å². The van der Waals surface area contributed by atoms with E-state index in [2.05, 4.69) is 21.2 Å². The molecular formula is C12H12BrNO2. The van der Waals surface area contributed by atoms with Gasteiger partial charge in [-0.15, -0.1) is 0 Å². The second-order valence-electron chi connectivity index (χ2n) is 3.28. The molecule has 0 spiro atoms. The zero-order valence-electron chi connectivity index (χ0n) is 8.87. The zero-order valence-corrected chi connectivity index (χ0v) is 10.5. The van der Waals surface area contributed by atoms with E-state index in [0.29, 0.717) is 6.54 Å². The topological polar surface area (TPSA) is 34.4 Å². The third-order valence-electron chi connectivity index (χ3n) is 2.21. The largest absolute Gasteiger partial charge is 0.497 e. The molecule has 4 heteroatoms. The summed E-state index contributed by atoms with van der Waals surface area (Å²) in [7, 11) is 1.65. The van der Waals surface area contributed by atoms with Crippen LogP contribution in [0.25, 0.3) is 0 Å². The molecule has 2 rings (SSSR count). The van der Waals surface area contributed by atoms with Gasteiger partial charge in [-0.2, -0.15) is 0 Å². The Balaban J connectivity index is 2.04. The number of methoxy groups -OCH3 is 1. The van der Waals surface area contributed by atoms with Gasteiger partial charge >= 0.3 is 0 Å². The molecule has 0 atom stereocenters. The van der Waals surface area contributed by atoms with Gasteiger partial charge in [0.15, 0.2) is 0 Å². The highest BCUT2D eigenvalue weighted by Crippen LogP contribution is 2.27. The van der Waals surface area contributed by atoms with Gasteiger partial charge in [0, 0.05) is 10.2 Å². The maximum Gasteiger partial charge on any atom is 0.122 e. The molecule has 0 fully saturated rings. The Kier molecular flexibility index (Phi) is 3.51. The molecule has 3 nitrogen and oxygen atoms in total. The highest BCUT2D eigenvalue weighted by Gasteiger charge is 2.02. The summed E-state index contributed by atoms with van der Waals surface area (Å²) in [5.74, 6) is 1.73. The van der Waals surface area contributed by atoms with Gasteiger partial charge in [-0.25, -0.2) is 0 Å². The van der Waals surface area contributed by atoms with Crippen LogP contribution >= 0.6 is 15.9 Å². The maximum atomic E-state index is 5.24. The van der Waals surface area contributed by atoms with Crippen molar-refractivity contribution in [1.29, 1.82) is 0 Å². The Hall–Kier alpha value is -1.42. The third-order valence-corrected chi connectivity index (χ3v) is 2.87. The normalized spacial score (nSPS) is 10.1. The van der Waals surface area contributed by atoms with Crippen LogP contribution in [0.15, 0.2) is 45.5 Å². The first kappa shape index (κ1) is 11.1. The van der Waals surface area contributed by atoms with Crippen molar-refractivity contribution in [2.75, 3.05) is 12.4 Å². The summed E-state index contributed by atoms with van der Waals surface area (Å²) in [6, 6.07) is 9.61. The van der Waals surface area contributed by atoms with Gasteiger partial charge in [-0.05, 0) is 46.3 Å². The van der Waals surface area contributed by atoms with E-state index in [1.54, 1.807) is 13.4 Å². The Labute approximate surface area is 103 Å². The average Bonchev–Trinajstić information content (AvgIpc) is 2.80. The highest BCUT2D eigenvalue weighted by molar-refractivity contribution is 9.10. The van der Waals surface area contributed by atoms with E-state index in [9.17, 15) is 0 Å². The zero-order chi connectivity index (χ0) is 11.4. The third kappa shape index (κ3) is 2.58. The molecule has 0 saturated heterocycles. The van der Waals surface area contributed by atoms with Crippen molar-refractivity contribution in [1.82, 2.24) is 0 Å². The molecule has 0 aliphatic heterocycles. The molecule has 84 valence electrons. The van der Waals surface area contributed by atoms with Crippen LogP contribution < -0.4 is 10.1 Å². The molecule has 0 bridgehead atoms. The van der Waals surface area contributed by atoms with Gasteiger partial charge in [0.25, 0.3) is 0 Å². The number of ether oxygens (including phenoxy) is 1. The molecule has 2 aromatic rings.